The van der Waals surface area contributed by atoms with Crippen LogP contribution in [0.15, 0.2) is 34.9 Å². The highest BCUT2D eigenvalue weighted by Gasteiger charge is 2.29. The van der Waals surface area contributed by atoms with Crippen molar-refractivity contribution >= 4 is 16.8 Å². The van der Waals surface area contributed by atoms with Crippen molar-refractivity contribution in [1.29, 1.82) is 0 Å². The van der Waals surface area contributed by atoms with E-state index < -0.39 is 0 Å². The van der Waals surface area contributed by atoms with Crippen LogP contribution >= 0.6 is 0 Å². The number of aromatic nitrogens is 2. The molecule has 0 radical (unpaired) electrons. The van der Waals surface area contributed by atoms with Crippen molar-refractivity contribution in [3.8, 4) is 0 Å². The van der Waals surface area contributed by atoms with Gasteiger partial charge in [0, 0.05) is 43.1 Å². The molecule has 0 aliphatic carbocycles. The molecule has 3 aromatic rings. The fourth-order valence-electron chi connectivity index (χ4n) is 4.07. The normalized spacial score (nSPS) is 19.6. The maximum atomic E-state index is 12.7. The molecule has 1 N–H and O–H groups in total. The monoisotopic (exact) mass is 365 g/mol. The lowest BCUT2D eigenvalue weighted by molar-refractivity contribution is -0.132. The van der Waals surface area contributed by atoms with Crippen LogP contribution in [0.2, 0.25) is 0 Å². The van der Waals surface area contributed by atoms with Crippen LogP contribution in [0.4, 0.5) is 0 Å². The molecule has 6 heteroatoms. The smallest absolute Gasteiger partial charge is 0.223 e. The number of aromatic amines is 1. The molecule has 27 heavy (non-hydrogen) atoms. The number of carbonyl (C=O) groups is 1. The number of ether oxygens (including phenoxy) is 1. The van der Waals surface area contributed by atoms with Crippen LogP contribution in [-0.2, 0) is 28.9 Å². The van der Waals surface area contributed by atoms with Gasteiger partial charge in [-0.1, -0.05) is 18.2 Å². The quantitative estimate of drug-likeness (QED) is 0.771. The lowest BCUT2D eigenvalue weighted by atomic mass is 10.1. The summed E-state index contributed by atoms with van der Waals surface area (Å²) in [6.45, 7) is 2.72. The van der Waals surface area contributed by atoms with Gasteiger partial charge >= 0.3 is 0 Å². The molecule has 4 heterocycles. The Morgan fingerprint density at radius 1 is 1.33 bits per heavy atom. The molecular formula is C21H23N3O3. The number of aryl methyl sites for hydroxylation is 1. The highest BCUT2D eigenvalue weighted by molar-refractivity contribution is 5.84. The Morgan fingerprint density at radius 2 is 2.26 bits per heavy atom. The van der Waals surface area contributed by atoms with Gasteiger partial charge in [0.1, 0.15) is 11.5 Å². The van der Waals surface area contributed by atoms with Gasteiger partial charge in [-0.15, -0.1) is 0 Å². The second-order valence-electron chi connectivity index (χ2n) is 7.41. The van der Waals surface area contributed by atoms with E-state index in [-0.39, 0.29) is 11.8 Å². The van der Waals surface area contributed by atoms with Gasteiger partial charge in [-0.3, -0.25) is 4.79 Å². The molecule has 5 rings (SSSR count). The zero-order valence-corrected chi connectivity index (χ0v) is 15.2. The van der Waals surface area contributed by atoms with Gasteiger partial charge in [0.15, 0.2) is 5.89 Å². The first kappa shape index (κ1) is 16.6. The Hall–Kier alpha value is -2.60. The molecule has 1 amide bonds. The van der Waals surface area contributed by atoms with Crippen LogP contribution in [0.1, 0.15) is 41.7 Å². The molecule has 6 nitrogen and oxygen atoms in total. The lowest BCUT2D eigenvalue weighted by Crippen LogP contribution is -2.35. The molecule has 1 unspecified atom stereocenters. The van der Waals surface area contributed by atoms with Crippen molar-refractivity contribution in [3.63, 3.8) is 0 Å². The van der Waals surface area contributed by atoms with Crippen molar-refractivity contribution in [2.24, 2.45) is 0 Å². The molecule has 0 saturated carbocycles. The zero-order valence-electron chi connectivity index (χ0n) is 15.2. The highest BCUT2D eigenvalue weighted by Crippen LogP contribution is 2.29. The minimum Gasteiger partial charge on any atom is -0.445 e. The first-order valence-electron chi connectivity index (χ1n) is 9.67. The molecule has 0 bridgehead atoms. The zero-order chi connectivity index (χ0) is 18.2. The Kier molecular flexibility index (Phi) is 4.20. The van der Waals surface area contributed by atoms with E-state index in [2.05, 4.69) is 22.1 Å². The third-order valence-electron chi connectivity index (χ3n) is 5.66. The number of benzene rings is 1. The average Bonchev–Trinajstić information content (AvgIpc) is 3.44. The van der Waals surface area contributed by atoms with E-state index in [4.69, 9.17) is 9.15 Å². The Bertz CT molecular complexity index is 968. The number of oxazole rings is 1. The van der Waals surface area contributed by atoms with Crippen molar-refractivity contribution in [2.45, 2.75) is 38.1 Å². The molecule has 2 aliphatic heterocycles. The van der Waals surface area contributed by atoms with E-state index in [0.717, 1.165) is 48.7 Å². The van der Waals surface area contributed by atoms with E-state index in [9.17, 15) is 4.79 Å². The largest absolute Gasteiger partial charge is 0.445 e. The molecule has 2 aliphatic rings. The van der Waals surface area contributed by atoms with Crippen molar-refractivity contribution < 1.29 is 13.9 Å². The molecule has 0 spiro atoms. The van der Waals surface area contributed by atoms with Crippen LogP contribution in [0.5, 0.6) is 0 Å². The summed E-state index contributed by atoms with van der Waals surface area (Å²) in [5.41, 5.74) is 3.23. The summed E-state index contributed by atoms with van der Waals surface area (Å²) in [7, 11) is 0. The van der Waals surface area contributed by atoms with Gasteiger partial charge in [-0.05, 0) is 24.5 Å². The SMILES string of the molecule is O=C(CCc1c[nH]c2ccccc12)N1CCc2oc(C3CCOC3)nc2C1. The number of amides is 1. The number of fused-ring (bicyclic) bond motifs is 2. The first-order chi connectivity index (χ1) is 13.3. The molecule has 140 valence electrons. The molecular weight excluding hydrogens is 342 g/mol. The van der Waals surface area contributed by atoms with Crippen molar-refractivity contribution in [2.75, 3.05) is 19.8 Å². The summed E-state index contributed by atoms with van der Waals surface area (Å²) >= 11 is 0. The summed E-state index contributed by atoms with van der Waals surface area (Å²) in [6.07, 6.45) is 4.98. The van der Waals surface area contributed by atoms with Crippen LogP contribution in [0.3, 0.4) is 0 Å². The molecule has 1 fully saturated rings. The molecule has 1 saturated heterocycles. The van der Waals surface area contributed by atoms with Gasteiger partial charge in [-0.2, -0.15) is 0 Å². The number of rotatable bonds is 4. The average molecular weight is 365 g/mol. The molecule has 2 aromatic heterocycles. The number of carbonyl (C=O) groups excluding carboxylic acids is 1. The van der Waals surface area contributed by atoms with Gasteiger partial charge in [-0.25, -0.2) is 4.98 Å². The van der Waals surface area contributed by atoms with Gasteiger partial charge < -0.3 is 19.0 Å². The fraction of sp³-hybridized carbons (Fsp3) is 0.429. The molecule has 1 atom stereocenters. The predicted octanol–water partition coefficient (Wildman–Crippen LogP) is 3.18. The van der Waals surface area contributed by atoms with Crippen LogP contribution in [0, 0.1) is 0 Å². The van der Waals surface area contributed by atoms with Crippen molar-refractivity contribution in [3.05, 3.63) is 53.4 Å². The minimum atomic E-state index is 0.180. The number of hydrogen-bond acceptors (Lipinski definition) is 4. The summed E-state index contributed by atoms with van der Waals surface area (Å²) < 4.78 is 11.4. The Balaban J connectivity index is 1.24. The summed E-state index contributed by atoms with van der Waals surface area (Å²) in [6, 6.07) is 8.21. The van der Waals surface area contributed by atoms with Gasteiger partial charge in [0.05, 0.1) is 19.1 Å². The number of H-pyrrole nitrogens is 1. The number of para-hydroxylation sites is 1. The van der Waals surface area contributed by atoms with E-state index in [1.807, 2.05) is 23.2 Å². The standard InChI is InChI=1S/C21H23N3O3/c25-20(6-5-14-11-22-17-4-2-1-3-16(14)17)24-9-7-19-18(12-24)23-21(27-19)15-8-10-26-13-15/h1-4,11,15,22H,5-10,12-13H2. The number of hydrogen-bond donors (Lipinski definition) is 1. The summed E-state index contributed by atoms with van der Waals surface area (Å²) in [5.74, 6) is 2.17. The lowest BCUT2D eigenvalue weighted by Gasteiger charge is -2.25. The number of nitrogens with one attached hydrogen (secondary N) is 1. The topological polar surface area (TPSA) is 71.4 Å². The second-order valence-corrected chi connectivity index (χ2v) is 7.41. The van der Waals surface area contributed by atoms with Gasteiger partial charge in [0.2, 0.25) is 5.91 Å². The van der Waals surface area contributed by atoms with Gasteiger partial charge in [0.25, 0.3) is 0 Å². The van der Waals surface area contributed by atoms with E-state index in [0.29, 0.717) is 26.1 Å². The Morgan fingerprint density at radius 3 is 3.15 bits per heavy atom. The maximum absolute atomic E-state index is 12.7. The highest BCUT2D eigenvalue weighted by atomic mass is 16.5. The third kappa shape index (κ3) is 3.14. The maximum Gasteiger partial charge on any atom is 0.223 e. The fourth-order valence-corrected chi connectivity index (χ4v) is 4.07. The van der Waals surface area contributed by atoms with Crippen LogP contribution < -0.4 is 0 Å². The second kappa shape index (κ2) is 6.85. The Labute approximate surface area is 157 Å². The third-order valence-corrected chi connectivity index (χ3v) is 5.66. The van der Waals surface area contributed by atoms with Crippen molar-refractivity contribution in [1.82, 2.24) is 14.9 Å². The first-order valence-corrected chi connectivity index (χ1v) is 9.67. The van der Waals surface area contributed by atoms with Crippen LogP contribution in [0.25, 0.3) is 10.9 Å². The number of nitrogens with zero attached hydrogens (tertiary/aromatic N) is 2. The van der Waals surface area contributed by atoms with Crippen LogP contribution in [-0.4, -0.2) is 40.5 Å². The predicted molar refractivity (Wildman–Crippen MR) is 100 cm³/mol. The molecule has 1 aromatic carbocycles. The summed E-state index contributed by atoms with van der Waals surface area (Å²) in [4.78, 5) is 22.6. The van der Waals surface area contributed by atoms with E-state index >= 15 is 0 Å². The summed E-state index contributed by atoms with van der Waals surface area (Å²) in [5, 5.41) is 1.20. The van der Waals surface area contributed by atoms with E-state index in [1.165, 1.54) is 10.9 Å². The minimum absolute atomic E-state index is 0.180. The van der Waals surface area contributed by atoms with E-state index in [1.54, 1.807) is 0 Å².